The quantitative estimate of drug-likeness (QED) is 0.730. The van der Waals surface area contributed by atoms with Gasteiger partial charge in [-0.3, -0.25) is 9.48 Å². The van der Waals surface area contributed by atoms with Gasteiger partial charge in [-0.05, 0) is 26.0 Å². The molecule has 5 heteroatoms. The predicted octanol–water partition coefficient (Wildman–Crippen LogP) is 1.30. The summed E-state index contributed by atoms with van der Waals surface area (Å²) in [5.74, 6) is -0.285. The van der Waals surface area contributed by atoms with Crippen molar-refractivity contribution >= 4 is 17.0 Å². The largest absolute Gasteiger partial charge is 0.465 e. The predicted molar refractivity (Wildman–Crippen MR) is 58.9 cm³/mol. The number of esters is 1. The highest BCUT2D eigenvalue weighted by Crippen LogP contribution is 2.10. The zero-order chi connectivity index (χ0) is 11.5. The molecular weight excluding hydrogens is 206 g/mol. The van der Waals surface area contributed by atoms with Crippen LogP contribution in [0.25, 0.3) is 11.0 Å². The number of rotatable bonds is 3. The topological polar surface area (TPSA) is 57.0 Å². The van der Waals surface area contributed by atoms with Crippen LogP contribution in [0.4, 0.5) is 0 Å². The molecule has 2 rings (SSSR count). The van der Waals surface area contributed by atoms with Crippen molar-refractivity contribution in [2.45, 2.75) is 20.4 Å². The zero-order valence-electron chi connectivity index (χ0n) is 9.30. The highest BCUT2D eigenvalue weighted by Gasteiger charge is 2.06. The molecule has 2 aromatic heterocycles. The Balaban J connectivity index is 2.23. The van der Waals surface area contributed by atoms with Gasteiger partial charge < -0.3 is 4.74 Å². The number of carbonyl (C=O) groups excluding carboxylic acids is 1. The van der Waals surface area contributed by atoms with Gasteiger partial charge in [-0.2, -0.15) is 5.10 Å². The fourth-order valence-corrected chi connectivity index (χ4v) is 1.47. The van der Waals surface area contributed by atoms with E-state index in [0.717, 1.165) is 11.1 Å². The molecule has 84 valence electrons. The molecule has 0 aromatic carbocycles. The number of hydrogen-bond acceptors (Lipinski definition) is 4. The summed E-state index contributed by atoms with van der Waals surface area (Å²) in [6.07, 6.45) is 1.79. The summed E-state index contributed by atoms with van der Waals surface area (Å²) in [6.45, 7) is 4.20. The van der Waals surface area contributed by atoms with Crippen LogP contribution >= 0.6 is 0 Å². The summed E-state index contributed by atoms with van der Waals surface area (Å²) in [5.41, 5.74) is 1.57. The molecule has 0 aliphatic rings. The van der Waals surface area contributed by atoms with Crippen molar-refractivity contribution in [3.63, 3.8) is 0 Å². The van der Waals surface area contributed by atoms with Crippen molar-refractivity contribution in [1.29, 1.82) is 0 Å². The number of nitrogens with zero attached hydrogens (tertiary/aromatic N) is 3. The smallest absolute Gasteiger partial charge is 0.327 e. The van der Waals surface area contributed by atoms with Gasteiger partial charge in [0, 0.05) is 17.3 Å². The first kappa shape index (κ1) is 10.6. The van der Waals surface area contributed by atoms with Gasteiger partial charge in [0.2, 0.25) is 0 Å². The summed E-state index contributed by atoms with van der Waals surface area (Å²) >= 11 is 0. The maximum absolute atomic E-state index is 11.3. The van der Waals surface area contributed by atoms with Crippen LogP contribution in [0.2, 0.25) is 0 Å². The lowest BCUT2D eigenvalue weighted by Crippen LogP contribution is -2.13. The summed E-state index contributed by atoms with van der Waals surface area (Å²) < 4.78 is 6.40. The highest BCUT2D eigenvalue weighted by atomic mass is 16.5. The first-order valence-corrected chi connectivity index (χ1v) is 5.15. The standard InChI is InChI=1S/C11H13N3O2/c1-3-16-10(15)7-14-6-9-5-4-8(2)12-11(9)13-14/h4-6H,3,7H2,1-2H3. The van der Waals surface area contributed by atoms with Gasteiger partial charge in [-0.1, -0.05) is 0 Å². The Morgan fingerprint density at radius 2 is 2.31 bits per heavy atom. The van der Waals surface area contributed by atoms with Gasteiger partial charge in [0.1, 0.15) is 6.54 Å². The highest BCUT2D eigenvalue weighted by molar-refractivity contribution is 5.75. The SMILES string of the molecule is CCOC(=O)Cn1cc2ccc(C)nc2n1. The maximum Gasteiger partial charge on any atom is 0.327 e. The molecule has 0 N–H and O–H groups in total. The number of fused-ring (bicyclic) bond motifs is 1. The lowest BCUT2D eigenvalue weighted by molar-refractivity contribution is -0.144. The Hall–Kier alpha value is -1.91. The van der Waals surface area contributed by atoms with Crippen LogP contribution in [0.3, 0.4) is 0 Å². The molecule has 0 radical (unpaired) electrons. The van der Waals surface area contributed by atoms with Gasteiger partial charge in [-0.15, -0.1) is 0 Å². The van der Waals surface area contributed by atoms with Crippen LogP contribution in [0.15, 0.2) is 18.3 Å². The molecule has 0 amide bonds. The molecule has 0 saturated heterocycles. The van der Waals surface area contributed by atoms with Crippen molar-refractivity contribution in [1.82, 2.24) is 14.8 Å². The summed E-state index contributed by atoms with van der Waals surface area (Å²) in [5, 5.41) is 5.13. The lowest BCUT2D eigenvalue weighted by atomic mass is 10.3. The van der Waals surface area contributed by atoms with Crippen molar-refractivity contribution in [2.24, 2.45) is 0 Å². The zero-order valence-corrected chi connectivity index (χ0v) is 9.30. The summed E-state index contributed by atoms with van der Waals surface area (Å²) in [6, 6.07) is 3.85. The molecule has 0 atom stereocenters. The molecule has 0 aliphatic carbocycles. The van der Waals surface area contributed by atoms with Crippen LogP contribution in [0, 0.1) is 6.92 Å². The van der Waals surface area contributed by atoms with E-state index in [0.29, 0.717) is 12.3 Å². The van der Waals surface area contributed by atoms with E-state index in [-0.39, 0.29) is 12.5 Å². The number of ether oxygens (including phenoxy) is 1. The second-order valence-corrected chi connectivity index (χ2v) is 3.50. The van der Waals surface area contributed by atoms with Gasteiger partial charge in [0.15, 0.2) is 5.65 Å². The molecule has 0 unspecified atom stereocenters. The van der Waals surface area contributed by atoms with Crippen LogP contribution < -0.4 is 0 Å². The molecule has 5 nitrogen and oxygen atoms in total. The number of hydrogen-bond donors (Lipinski definition) is 0. The van der Waals surface area contributed by atoms with Crippen molar-refractivity contribution in [2.75, 3.05) is 6.61 Å². The van der Waals surface area contributed by atoms with Gasteiger partial charge in [-0.25, -0.2) is 4.98 Å². The Kier molecular flexibility index (Phi) is 2.85. The fourth-order valence-electron chi connectivity index (χ4n) is 1.47. The molecule has 0 aliphatic heterocycles. The Labute approximate surface area is 93.0 Å². The molecule has 2 heterocycles. The first-order chi connectivity index (χ1) is 7.69. The molecular formula is C11H13N3O2. The van der Waals surface area contributed by atoms with E-state index < -0.39 is 0 Å². The monoisotopic (exact) mass is 219 g/mol. The number of aromatic nitrogens is 3. The van der Waals surface area contributed by atoms with Crippen molar-refractivity contribution < 1.29 is 9.53 Å². The molecule has 0 spiro atoms. The van der Waals surface area contributed by atoms with Gasteiger partial charge in [0.05, 0.1) is 6.61 Å². The number of pyridine rings is 1. The summed E-state index contributed by atoms with van der Waals surface area (Å²) in [4.78, 5) is 15.5. The Bertz CT molecular complexity index is 519. The van der Waals surface area contributed by atoms with Gasteiger partial charge >= 0.3 is 5.97 Å². The van der Waals surface area contributed by atoms with Crippen molar-refractivity contribution in [3.05, 3.63) is 24.0 Å². The molecule has 16 heavy (non-hydrogen) atoms. The third-order valence-electron chi connectivity index (χ3n) is 2.15. The third-order valence-corrected chi connectivity index (χ3v) is 2.15. The van der Waals surface area contributed by atoms with Crippen LogP contribution in [0.1, 0.15) is 12.6 Å². The first-order valence-electron chi connectivity index (χ1n) is 5.15. The third kappa shape index (κ3) is 2.18. The second kappa shape index (κ2) is 4.30. The molecule has 0 bridgehead atoms. The van der Waals surface area contributed by atoms with E-state index in [1.54, 1.807) is 17.8 Å². The minimum Gasteiger partial charge on any atom is -0.465 e. The Morgan fingerprint density at radius 3 is 3.06 bits per heavy atom. The lowest BCUT2D eigenvalue weighted by Gasteiger charge is -2.00. The average Bonchev–Trinajstić information content (AvgIpc) is 2.59. The van der Waals surface area contributed by atoms with E-state index in [9.17, 15) is 4.79 Å². The Morgan fingerprint density at radius 1 is 1.50 bits per heavy atom. The molecule has 2 aromatic rings. The average molecular weight is 219 g/mol. The fraction of sp³-hybridized carbons (Fsp3) is 0.364. The normalized spacial score (nSPS) is 10.6. The number of aryl methyl sites for hydroxylation is 1. The van der Waals surface area contributed by atoms with E-state index in [1.165, 1.54) is 0 Å². The van der Waals surface area contributed by atoms with E-state index in [4.69, 9.17) is 4.74 Å². The minimum absolute atomic E-state index is 0.128. The maximum atomic E-state index is 11.3. The van der Waals surface area contributed by atoms with Crippen molar-refractivity contribution in [3.8, 4) is 0 Å². The van der Waals surface area contributed by atoms with Crippen LogP contribution in [-0.4, -0.2) is 27.3 Å². The number of carbonyl (C=O) groups is 1. The second-order valence-electron chi connectivity index (χ2n) is 3.50. The minimum atomic E-state index is -0.285. The molecule has 0 fully saturated rings. The molecule has 0 saturated carbocycles. The van der Waals surface area contributed by atoms with Crippen LogP contribution in [-0.2, 0) is 16.1 Å². The van der Waals surface area contributed by atoms with Gasteiger partial charge in [0.25, 0.3) is 0 Å². The van der Waals surface area contributed by atoms with E-state index in [1.807, 2.05) is 19.1 Å². The summed E-state index contributed by atoms with van der Waals surface area (Å²) in [7, 11) is 0. The van der Waals surface area contributed by atoms with E-state index >= 15 is 0 Å². The van der Waals surface area contributed by atoms with Crippen LogP contribution in [0.5, 0.6) is 0 Å². The van der Waals surface area contributed by atoms with E-state index in [2.05, 4.69) is 10.1 Å².